The van der Waals surface area contributed by atoms with Crippen LogP contribution in [0.25, 0.3) is 0 Å². The summed E-state index contributed by atoms with van der Waals surface area (Å²) in [5, 5.41) is 6.54. The number of nitrogens with one attached hydrogen (secondary N) is 1. The highest BCUT2D eigenvalue weighted by atomic mass is 16.5. The highest BCUT2D eigenvalue weighted by Gasteiger charge is 2.09. The standard InChI is InChI=1S/C14H18N4O3/c1-3-20-12-5-4-10(8-11(12)15)14(19)16-7-6-13-17-9(2)21-18-13/h4-5,8H,3,6-7,15H2,1-2H3,(H,16,19). The molecule has 0 bridgehead atoms. The van der Waals surface area contributed by atoms with E-state index in [2.05, 4.69) is 15.5 Å². The van der Waals surface area contributed by atoms with Crippen molar-refractivity contribution < 1.29 is 14.1 Å². The number of hydrogen-bond acceptors (Lipinski definition) is 6. The number of nitrogens with zero attached hydrogens (tertiary/aromatic N) is 2. The van der Waals surface area contributed by atoms with Gasteiger partial charge in [0, 0.05) is 25.5 Å². The van der Waals surface area contributed by atoms with E-state index in [1.807, 2.05) is 6.92 Å². The van der Waals surface area contributed by atoms with Gasteiger partial charge in [-0.25, -0.2) is 0 Å². The molecule has 0 spiro atoms. The second kappa shape index (κ2) is 6.74. The molecule has 0 atom stereocenters. The molecule has 0 aliphatic heterocycles. The molecule has 21 heavy (non-hydrogen) atoms. The third-order valence-corrected chi connectivity index (χ3v) is 2.78. The zero-order valence-electron chi connectivity index (χ0n) is 12.0. The second-order valence-electron chi connectivity index (χ2n) is 4.42. The number of aromatic nitrogens is 2. The fourth-order valence-corrected chi connectivity index (χ4v) is 1.81. The van der Waals surface area contributed by atoms with Crippen molar-refractivity contribution in [3.8, 4) is 5.75 Å². The Bertz CT molecular complexity index is 624. The Morgan fingerprint density at radius 3 is 2.90 bits per heavy atom. The minimum Gasteiger partial charge on any atom is -0.492 e. The van der Waals surface area contributed by atoms with Crippen molar-refractivity contribution >= 4 is 11.6 Å². The number of amides is 1. The lowest BCUT2D eigenvalue weighted by Crippen LogP contribution is -2.26. The Morgan fingerprint density at radius 1 is 1.48 bits per heavy atom. The lowest BCUT2D eigenvalue weighted by atomic mass is 10.1. The SMILES string of the molecule is CCOc1ccc(C(=O)NCCc2noc(C)n2)cc1N. The highest BCUT2D eigenvalue weighted by molar-refractivity contribution is 5.95. The Labute approximate surface area is 122 Å². The first-order valence-electron chi connectivity index (χ1n) is 6.70. The van der Waals surface area contributed by atoms with Crippen molar-refractivity contribution in [1.82, 2.24) is 15.5 Å². The molecular weight excluding hydrogens is 272 g/mol. The average Bonchev–Trinajstić information content (AvgIpc) is 2.87. The van der Waals surface area contributed by atoms with Gasteiger partial charge in [-0.15, -0.1) is 0 Å². The van der Waals surface area contributed by atoms with Gasteiger partial charge in [0.15, 0.2) is 5.82 Å². The van der Waals surface area contributed by atoms with E-state index in [4.69, 9.17) is 15.0 Å². The van der Waals surface area contributed by atoms with Gasteiger partial charge in [0.25, 0.3) is 5.91 Å². The molecule has 0 radical (unpaired) electrons. The maximum Gasteiger partial charge on any atom is 0.251 e. The largest absolute Gasteiger partial charge is 0.492 e. The smallest absolute Gasteiger partial charge is 0.251 e. The van der Waals surface area contributed by atoms with Gasteiger partial charge in [-0.3, -0.25) is 4.79 Å². The summed E-state index contributed by atoms with van der Waals surface area (Å²) >= 11 is 0. The lowest BCUT2D eigenvalue weighted by molar-refractivity contribution is 0.0954. The van der Waals surface area contributed by atoms with Crippen LogP contribution in [-0.4, -0.2) is 29.2 Å². The number of nitrogen functional groups attached to an aromatic ring is 1. The molecular formula is C14H18N4O3. The fourth-order valence-electron chi connectivity index (χ4n) is 1.81. The number of hydrogen-bond donors (Lipinski definition) is 2. The summed E-state index contributed by atoms with van der Waals surface area (Å²) in [4.78, 5) is 16.1. The van der Waals surface area contributed by atoms with Crippen LogP contribution in [0.3, 0.4) is 0 Å². The van der Waals surface area contributed by atoms with E-state index in [9.17, 15) is 4.79 Å². The Morgan fingerprint density at radius 2 is 2.29 bits per heavy atom. The second-order valence-corrected chi connectivity index (χ2v) is 4.42. The summed E-state index contributed by atoms with van der Waals surface area (Å²) in [5.74, 6) is 1.45. The molecule has 0 fully saturated rings. The number of benzene rings is 1. The van der Waals surface area contributed by atoms with Gasteiger partial charge in [0.2, 0.25) is 5.89 Å². The van der Waals surface area contributed by atoms with Crippen LogP contribution in [0.5, 0.6) is 5.75 Å². The summed E-state index contributed by atoms with van der Waals surface area (Å²) in [5.41, 5.74) is 6.76. The third kappa shape index (κ3) is 3.95. The molecule has 112 valence electrons. The van der Waals surface area contributed by atoms with Gasteiger partial charge >= 0.3 is 0 Å². The van der Waals surface area contributed by atoms with Gasteiger partial charge < -0.3 is 20.3 Å². The van der Waals surface area contributed by atoms with E-state index in [0.29, 0.717) is 48.3 Å². The molecule has 0 saturated carbocycles. The Kier molecular flexibility index (Phi) is 4.76. The fraction of sp³-hybridized carbons (Fsp3) is 0.357. The first-order chi connectivity index (χ1) is 10.1. The van der Waals surface area contributed by atoms with Crippen LogP contribution in [0.4, 0.5) is 5.69 Å². The van der Waals surface area contributed by atoms with Crippen molar-refractivity contribution in [3.63, 3.8) is 0 Å². The van der Waals surface area contributed by atoms with Crippen LogP contribution in [0.15, 0.2) is 22.7 Å². The van der Waals surface area contributed by atoms with E-state index >= 15 is 0 Å². The molecule has 0 aliphatic carbocycles. The maximum absolute atomic E-state index is 12.0. The topological polar surface area (TPSA) is 103 Å². The van der Waals surface area contributed by atoms with Crippen LogP contribution in [0.1, 0.15) is 29.0 Å². The van der Waals surface area contributed by atoms with Gasteiger partial charge in [0.05, 0.1) is 12.3 Å². The Hall–Kier alpha value is -2.57. The maximum atomic E-state index is 12.0. The molecule has 2 rings (SSSR count). The molecule has 7 heteroatoms. The number of anilines is 1. The number of carbonyl (C=O) groups excluding carboxylic acids is 1. The van der Waals surface area contributed by atoms with E-state index < -0.39 is 0 Å². The average molecular weight is 290 g/mol. The number of ether oxygens (including phenoxy) is 1. The zero-order chi connectivity index (χ0) is 15.2. The van der Waals surface area contributed by atoms with Crippen LogP contribution in [0, 0.1) is 6.92 Å². The molecule has 7 nitrogen and oxygen atoms in total. The lowest BCUT2D eigenvalue weighted by Gasteiger charge is -2.09. The summed E-state index contributed by atoms with van der Waals surface area (Å²) in [6.07, 6.45) is 0.510. The normalized spacial score (nSPS) is 10.4. The molecule has 1 aromatic heterocycles. The molecule has 0 unspecified atom stereocenters. The predicted octanol–water partition coefficient (Wildman–Crippen LogP) is 1.33. The molecule has 1 amide bonds. The first-order valence-corrected chi connectivity index (χ1v) is 6.70. The molecule has 0 aliphatic rings. The molecule has 2 aromatic rings. The molecule has 3 N–H and O–H groups in total. The highest BCUT2D eigenvalue weighted by Crippen LogP contribution is 2.22. The molecule has 1 aromatic carbocycles. The summed E-state index contributed by atoms with van der Waals surface area (Å²) in [6.45, 7) is 4.54. The summed E-state index contributed by atoms with van der Waals surface area (Å²) in [7, 11) is 0. The monoisotopic (exact) mass is 290 g/mol. The third-order valence-electron chi connectivity index (χ3n) is 2.78. The van der Waals surface area contributed by atoms with Crippen molar-refractivity contribution in [1.29, 1.82) is 0 Å². The van der Waals surface area contributed by atoms with Crippen LogP contribution in [0.2, 0.25) is 0 Å². The van der Waals surface area contributed by atoms with Gasteiger partial charge in [-0.05, 0) is 25.1 Å². The first kappa shape index (κ1) is 14.8. The number of aryl methyl sites for hydroxylation is 1. The number of carbonyl (C=O) groups is 1. The predicted molar refractivity (Wildman–Crippen MR) is 77.1 cm³/mol. The number of rotatable bonds is 6. The van der Waals surface area contributed by atoms with Crippen LogP contribution < -0.4 is 15.8 Å². The van der Waals surface area contributed by atoms with E-state index in [-0.39, 0.29) is 5.91 Å². The number of nitrogens with two attached hydrogens (primary N) is 1. The summed E-state index contributed by atoms with van der Waals surface area (Å²) in [6, 6.07) is 4.96. The summed E-state index contributed by atoms with van der Waals surface area (Å²) < 4.78 is 10.2. The zero-order valence-corrected chi connectivity index (χ0v) is 12.0. The van der Waals surface area contributed by atoms with Gasteiger partial charge in [-0.2, -0.15) is 4.98 Å². The van der Waals surface area contributed by atoms with Crippen molar-refractivity contribution in [3.05, 3.63) is 35.5 Å². The minimum atomic E-state index is -0.204. The minimum absolute atomic E-state index is 0.204. The van der Waals surface area contributed by atoms with Crippen molar-refractivity contribution in [2.24, 2.45) is 0 Å². The van der Waals surface area contributed by atoms with Crippen LogP contribution >= 0.6 is 0 Å². The molecule has 0 saturated heterocycles. The van der Waals surface area contributed by atoms with E-state index in [0.717, 1.165) is 0 Å². The van der Waals surface area contributed by atoms with E-state index in [1.54, 1.807) is 25.1 Å². The molecule has 1 heterocycles. The van der Waals surface area contributed by atoms with Crippen molar-refractivity contribution in [2.45, 2.75) is 20.3 Å². The quantitative estimate of drug-likeness (QED) is 0.778. The van der Waals surface area contributed by atoms with Gasteiger partial charge in [0.1, 0.15) is 5.75 Å². The van der Waals surface area contributed by atoms with Crippen molar-refractivity contribution in [2.75, 3.05) is 18.9 Å². The Balaban J connectivity index is 1.89. The van der Waals surface area contributed by atoms with E-state index in [1.165, 1.54) is 0 Å². The van der Waals surface area contributed by atoms with Crippen LogP contribution in [-0.2, 0) is 6.42 Å². The van der Waals surface area contributed by atoms with Gasteiger partial charge in [-0.1, -0.05) is 5.16 Å².